The number of hydrogen-bond acceptors (Lipinski definition) is 19. The van der Waals surface area contributed by atoms with Gasteiger partial charge < -0.3 is 98.3 Å². The number of amides is 10. The van der Waals surface area contributed by atoms with E-state index in [1.54, 1.807) is 0 Å². The summed E-state index contributed by atoms with van der Waals surface area (Å²) in [5, 5.41) is 28.9. The predicted octanol–water partition coefficient (Wildman–Crippen LogP) is -5.52. The highest BCUT2D eigenvalue weighted by molar-refractivity contribution is 6.40. The topological polar surface area (TPSA) is 556 Å². The van der Waals surface area contributed by atoms with E-state index in [0.29, 0.717) is 89.7 Å². The molecule has 0 bridgehead atoms. The quantitative estimate of drug-likeness (QED) is 0.0126. The van der Waals surface area contributed by atoms with Gasteiger partial charge in [-0.25, -0.2) is 9.98 Å². The molecule has 32 nitrogen and oxygen atoms in total. The summed E-state index contributed by atoms with van der Waals surface area (Å²) in [5.41, 5.74) is 44.8. The van der Waals surface area contributed by atoms with Crippen LogP contribution in [0.1, 0.15) is 122 Å². The first kappa shape index (κ1) is 73.3. The number of aromatic amines is 1. The number of imidazole rings is 1. The monoisotopic (exact) mass is 1200 g/mol. The molecule has 32 heteroatoms. The molecule has 476 valence electrons. The van der Waals surface area contributed by atoms with Crippen LogP contribution in [0.4, 0.5) is 0 Å². The molecule has 1 saturated heterocycles. The van der Waals surface area contributed by atoms with E-state index in [-0.39, 0.29) is 114 Å². The van der Waals surface area contributed by atoms with Gasteiger partial charge in [0.25, 0.3) is 23.6 Å². The van der Waals surface area contributed by atoms with Crippen molar-refractivity contribution in [3.8, 4) is 0 Å². The lowest BCUT2D eigenvalue weighted by molar-refractivity contribution is -0.136. The fraction of sp³-hybridized carbons (Fsp3) is 0.660. The molecular formula is C53H94N22O10. The number of guanidine groups is 1. The summed E-state index contributed by atoms with van der Waals surface area (Å²) in [4.78, 5) is 153. The molecule has 1 aliphatic heterocycles. The van der Waals surface area contributed by atoms with Gasteiger partial charge in [-0.2, -0.15) is 0 Å². The van der Waals surface area contributed by atoms with E-state index in [9.17, 15) is 47.9 Å². The lowest BCUT2D eigenvalue weighted by Crippen LogP contribution is -2.57. The van der Waals surface area contributed by atoms with E-state index < -0.39 is 102 Å². The first-order valence-electron chi connectivity index (χ1n) is 29.1. The molecule has 26 N–H and O–H groups in total. The minimum atomic E-state index is -1.38. The maximum Gasteiger partial charge on any atom is 0.269 e. The standard InChI is InChI=1S/C53H94N22O10/c1-33(68-47(80)39(19-25-59)70-45(78)35(60)13-2-5-20-54)44(77)66-31-43(76)69-40(16-10-24-58)52(85)75-28-12-18-42(75)51(84)74-41(29-34-30-63-32-67-34)50(83)73-37(15-4-7-22-56)48(81)72-38(17-11-27-65-53(61)62)49(82)71-36(14-3-6-21-55)46(79)64-26-9-8-23-57/h17,30,32-33,36-37,39,41-42,60H,2-16,18-29,31,54-59H2,1H3,(H,63,67)(H,64,79)(H,66,77)(H,68,80)(H,70,78)(H,71,82)(H,72,81)(H,73,83)(H,74,84)(H4,61,62,65)/b38-17-,60-35?,69-40?/t33-,36-,37-,39-,41-,42-/m0/s1. The Morgan fingerprint density at radius 1 is 0.682 bits per heavy atom. The summed E-state index contributed by atoms with van der Waals surface area (Å²) < 4.78 is 0. The predicted molar refractivity (Wildman–Crippen MR) is 319 cm³/mol. The molecule has 1 fully saturated rings. The van der Waals surface area contributed by atoms with Crippen molar-refractivity contribution in [1.29, 1.82) is 5.41 Å². The number of carbonyl (C=O) groups is 10. The first-order chi connectivity index (χ1) is 40.7. The number of hydrogen-bond donors (Lipinski definition) is 18. The Kier molecular flexibility index (Phi) is 36.3. The van der Waals surface area contributed by atoms with Crippen LogP contribution in [0.2, 0.25) is 0 Å². The highest BCUT2D eigenvalue weighted by Crippen LogP contribution is 2.20. The number of nitrogens with two attached hydrogens (primary N) is 8. The molecule has 6 atom stereocenters. The first-order valence-corrected chi connectivity index (χ1v) is 29.1. The summed E-state index contributed by atoms with van der Waals surface area (Å²) in [6, 6.07) is -7.26. The van der Waals surface area contributed by atoms with Crippen LogP contribution in [-0.4, -0.2) is 193 Å². The third-order valence-corrected chi connectivity index (χ3v) is 13.3. The van der Waals surface area contributed by atoms with Crippen molar-refractivity contribution in [3.05, 3.63) is 30.0 Å². The van der Waals surface area contributed by atoms with Crippen LogP contribution in [0.15, 0.2) is 34.3 Å². The molecule has 2 heterocycles. The molecule has 0 aliphatic carbocycles. The molecule has 1 aromatic heterocycles. The SMILES string of the molecule is C[C@H](NC(=O)[C@H](CCN)NC(=O)C(=N)CCCCN)C(=O)NCC(=O)N=C(CCCN)C(=O)N1CCC[C@H]1C(=O)N[C@@H](Cc1cnc[nH]1)C(=O)N[C@@H](CCCCN)C(=O)N/C(=C\CCN=C(N)N)C(=O)N[C@@H](CCCCN)C(=O)NCCCCN. The molecule has 0 saturated carbocycles. The van der Waals surface area contributed by atoms with Gasteiger partial charge in [-0.1, -0.05) is 6.08 Å². The number of aliphatic imine (C=N–C) groups is 2. The van der Waals surface area contributed by atoms with Crippen LogP contribution in [0.25, 0.3) is 0 Å². The third kappa shape index (κ3) is 28.6. The van der Waals surface area contributed by atoms with Crippen molar-refractivity contribution in [3.63, 3.8) is 0 Å². The van der Waals surface area contributed by atoms with Gasteiger partial charge in [-0.3, -0.25) is 58.3 Å². The fourth-order valence-corrected chi connectivity index (χ4v) is 8.61. The van der Waals surface area contributed by atoms with Crippen molar-refractivity contribution in [2.45, 2.75) is 159 Å². The van der Waals surface area contributed by atoms with E-state index in [4.69, 9.17) is 51.3 Å². The van der Waals surface area contributed by atoms with Gasteiger partial charge >= 0.3 is 0 Å². The number of aromatic nitrogens is 2. The van der Waals surface area contributed by atoms with E-state index >= 15 is 0 Å². The molecule has 85 heavy (non-hydrogen) atoms. The Morgan fingerprint density at radius 2 is 1.29 bits per heavy atom. The number of rotatable bonds is 43. The van der Waals surface area contributed by atoms with Crippen LogP contribution in [0, 0.1) is 5.41 Å². The normalized spacial score (nSPS) is 15.0. The molecule has 2 rings (SSSR count). The highest BCUT2D eigenvalue weighted by Gasteiger charge is 2.39. The van der Waals surface area contributed by atoms with Gasteiger partial charge in [0, 0.05) is 37.9 Å². The molecule has 1 aromatic rings. The molecular weight excluding hydrogens is 1100 g/mol. The zero-order chi connectivity index (χ0) is 63.1. The summed E-state index contributed by atoms with van der Waals surface area (Å²) in [7, 11) is 0. The average molecular weight is 1200 g/mol. The number of H-pyrrole nitrogens is 1. The van der Waals surface area contributed by atoms with Gasteiger partial charge in [-0.15, -0.1) is 0 Å². The van der Waals surface area contributed by atoms with Crippen LogP contribution in [-0.2, 0) is 54.4 Å². The molecule has 0 spiro atoms. The fourth-order valence-electron chi connectivity index (χ4n) is 8.61. The average Bonchev–Trinajstić information content (AvgIpc) is 4.31. The van der Waals surface area contributed by atoms with E-state index in [1.807, 2.05) is 0 Å². The van der Waals surface area contributed by atoms with Crippen molar-refractivity contribution in [1.82, 2.24) is 57.4 Å². The second-order valence-electron chi connectivity index (χ2n) is 20.3. The largest absolute Gasteiger partial charge is 0.370 e. The van der Waals surface area contributed by atoms with Crippen molar-refractivity contribution >= 4 is 76.5 Å². The van der Waals surface area contributed by atoms with Crippen LogP contribution < -0.4 is 88.4 Å². The van der Waals surface area contributed by atoms with E-state index in [1.165, 1.54) is 30.4 Å². The Bertz CT molecular complexity index is 2420. The van der Waals surface area contributed by atoms with Crippen LogP contribution in [0.5, 0.6) is 0 Å². The lowest BCUT2D eigenvalue weighted by atomic mass is 10.1. The minimum Gasteiger partial charge on any atom is -0.370 e. The third-order valence-electron chi connectivity index (χ3n) is 13.3. The van der Waals surface area contributed by atoms with Gasteiger partial charge in [0.15, 0.2) is 5.96 Å². The second kappa shape index (κ2) is 42.1. The Hall–Kier alpha value is -7.78. The zero-order valence-electron chi connectivity index (χ0n) is 49.0. The maximum absolute atomic E-state index is 14.5. The van der Waals surface area contributed by atoms with Crippen molar-refractivity contribution in [2.75, 3.05) is 65.4 Å². The number of nitrogens with one attached hydrogen (secondary N) is 10. The van der Waals surface area contributed by atoms with Gasteiger partial charge in [0.05, 0.1) is 18.6 Å². The maximum atomic E-state index is 14.5. The van der Waals surface area contributed by atoms with Crippen molar-refractivity contribution < 1.29 is 47.9 Å². The molecule has 0 aromatic carbocycles. The Labute approximate surface area is 495 Å². The smallest absolute Gasteiger partial charge is 0.269 e. The molecule has 10 amide bonds. The number of nitrogens with zero attached hydrogens (tertiary/aromatic N) is 4. The van der Waals surface area contributed by atoms with Crippen LogP contribution >= 0.6 is 0 Å². The molecule has 0 unspecified atom stereocenters. The van der Waals surface area contributed by atoms with Crippen molar-refractivity contribution in [2.24, 2.45) is 55.9 Å². The molecule has 0 radical (unpaired) electrons. The zero-order valence-corrected chi connectivity index (χ0v) is 49.0. The van der Waals surface area contributed by atoms with E-state index in [0.717, 1.165) is 0 Å². The highest BCUT2D eigenvalue weighted by atomic mass is 16.2. The van der Waals surface area contributed by atoms with Gasteiger partial charge in [0.1, 0.15) is 47.7 Å². The Balaban J connectivity index is 2.36. The van der Waals surface area contributed by atoms with Crippen LogP contribution in [0.3, 0.4) is 0 Å². The summed E-state index contributed by atoms with van der Waals surface area (Å²) in [5.74, 6) is -7.89. The van der Waals surface area contributed by atoms with E-state index in [2.05, 4.69) is 62.5 Å². The molecule has 1 aliphatic rings. The lowest BCUT2D eigenvalue weighted by Gasteiger charge is -2.28. The minimum absolute atomic E-state index is 0.000372. The Morgan fingerprint density at radius 3 is 1.92 bits per heavy atom. The summed E-state index contributed by atoms with van der Waals surface area (Å²) >= 11 is 0. The number of unbranched alkanes of at least 4 members (excludes halogenated alkanes) is 4. The second-order valence-corrected chi connectivity index (χ2v) is 20.3. The summed E-state index contributed by atoms with van der Waals surface area (Å²) in [6.07, 6.45) is 9.40. The number of carbonyl (C=O) groups excluding carboxylic acids is 10. The number of likely N-dealkylation sites (tertiary alicyclic amines) is 1. The van der Waals surface area contributed by atoms with Gasteiger partial charge in [-0.05, 0) is 155 Å². The van der Waals surface area contributed by atoms with Gasteiger partial charge in [0.2, 0.25) is 35.4 Å². The summed E-state index contributed by atoms with van der Waals surface area (Å²) in [6.45, 7) is 2.60.